The molecule has 6 rings (SSSR count). The fourth-order valence-corrected chi connectivity index (χ4v) is 5.92. The third-order valence-electron chi connectivity index (χ3n) is 7.16. The number of nitrogens with two attached hydrogens (primary N) is 1. The van der Waals surface area contributed by atoms with Gasteiger partial charge in [0.25, 0.3) is 18.2 Å². The fourth-order valence-electron chi connectivity index (χ4n) is 4.90. The highest BCUT2D eigenvalue weighted by Gasteiger charge is 2.27. The summed E-state index contributed by atoms with van der Waals surface area (Å²) >= 11 is 0.825. The topological polar surface area (TPSA) is 151 Å². The van der Waals surface area contributed by atoms with Gasteiger partial charge in [0.05, 0.1) is 23.8 Å². The highest BCUT2D eigenvalue weighted by Crippen LogP contribution is 2.43. The van der Waals surface area contributed by atoms with Crippen LogP contribution in [0.15, 0.2) is 36.8 Å². The Balaban J connectivity index is 1.49. The second-order valence-electron chi connectivity index (χ2n) is 9.56. The number of fused-ring (bicyclic) bond motifs is 2. The molecule has 0 saturated heterocycles. The first-order valence-corrected chi connectivity index (χ1v) is 13.6. The molecule has 0 spiro atoms. The van der Waals surface area contributed by atoms with E-state index in [4.69, 9.17) is 5.73 Å². The number of aromatic nitrogens is 8. The number of carbonyl (C=O) groups excluding carboxylic acids is 2. The van der Waals surface area contributed by atoms with E-state index in [2.05, 4.69) is 30.6 Å². The highest BCUT2D eigenvalue weighted by molar-refractivity contribution is 7.21. The van der Waals surface area contributed by atoms with Crippen LogP contribution < -0.4 is 11.1 Å². The molecule has 214 valence electrons. The Morgan fingerprint density at radius 3 is 2.50 bits per heavy atom. The van der Waals surface area contributed by atoms with Gasteiger partial charge in [0.15, 0.2) is 11.3 Å². The van der Waals surface area contributed by atoms with E-state index in [0.717, 1.165) is 22.6 Å². The molecule has 0 saturated carbocycles. The molecule has 15 heteroatoms. The van der Waals surface area contributed by atoms with Crippen LogP contribution in [-0.2, 0) is 13.6 Å². The SMILES string of the molecule is CCn1ncc(-c2ccnc3cc(C(=O)Nc4c(C(N)=O)sc5nc(C(F)F)cc(-c6cnn(C)c6C)c45)nn23)c1C. The fraction of sp³-hybridized carbons (Fsp3) is 0.222. The molecule has 0 aliphatic rings. The van der Waals surface area contributed by atoms with Crippen LogP contribution in [0.25, 0.3) is 38.2 Å². The number of carbonyl (C=O) groups is 2. The maximum absolute atomic E-state index is 13.8. The lowest BCUT2D eigenvalue weighted by molar-refractivity contribution is 0.100. The number of nitrogens with zero attached hydrogens (tertiary/aromatic N) is 8. The Morgan fingerprint density at radius 2 is 1.86 bits per heavy atom. The van der Waals surface area contributed by atoms with Gasteiger partial charge in [-0.3, -0.25) is 19.0 Å². The van der Waals surface area contributed by atoms with Crippen molar-refractivity contribution in [1.82, 2.24) is 39.1 Å². The molecule has 0 aromatic carbocycles. The molecule has 0 bridgehead atoms. The van der Waals surface area contributed by atoms with Gasteiger partial charge in [-0.2, -0.15) is 15.3 Å². The van der Waals surface area contributed by atoms with Gasteiger partial charge in [0.1, 0.15) is 15.4 Å². The molecule has 0 fully saturated rings. The predicted octanol–water partition coefficient (Wildman–Crippen LogP) is 4.53. The lowest BCUT2D eigenvalue weighted by atomic mass is 10.0. The number of alkyl halides is 2. The van der Waals surface area contributed by atoms with Crippen molar-refractivity contribution in [2.75, 3.05) is 5.32 Å². The third kappa shape index (κ3) is 4.29. The predicted molar refractivity (Wildman–Crippen MR) is 153 cm³/mol. The molecule has 0 unspecified atom stereocenters. The molecular formula is C27H24F2N10O2S. The van der Waals surface area contributed by atoms with Crippen LogP contribution >= 0.6 is 11.3 Å². The lowest BCUT2D eigenvalue weighted by Crippen LogP contribution is -2.17. The number of primary amides is 1. The van der Waals surface area contributed by atoms with Gasteiger partial charge in [0, 0.05) is 53.8 Å². The molecule has 6 aromatic heterocycles. The van der Waals surface area contributed by atoms with Gasteiger partial charge in [-0.15, -0.1) is 11.3 Å². The van der Waals surface area contributed by atoms with Gasteiger partial charge in [-0.1, -0.05) is 0 Å². The summed E-state index contributed by atoms with van der Waals surface area (Å²) in [5.41, 5.74) is 9.70. The lowest BCUT2D eigenvalue weighted by Gasteiger charge is -2.10. The van der Waals surface area contributed by atoms with Crippen molar-refractivity contribution in [3.8, 4) is 22.4 Å². The Hall–Kier alpha value is -5.05. The Labute approximate surface area is 240 Å². The van der Waals surface area contributed by atoms with E-state index in [1.54, 1.807) is 41.6 Å². The maximum atomic E-state index is 13.8. The zero-order valence-electron chi connectivity index (χ0n) is 22.9. The smallest absolute Gasteiger partial charge is 0.280 e. The molecule has 2 amide bonds. The highest BCUT2D eigenvalue weighted by atomic mass is 32.1. The van der Waals surface area contributed by atoms with E-state index in [-0.39, 0.29) is 21.1 Å². The molecule has 6 aromatic rings. The summed E-state index contributed by atoms with van der Waals surface area (Å²) in [5, 5.41) is 16.2. The van der Waals surface area contributed by atoms with Crippen molar-refractivity contribution in [3.63, 3.8) is 0 Å². The summed E-state index contributed by atoms with van der Waals surface area (Å²) in [6.07, 6.45) is 2.01. The number of halogens is 2. The van der Waals surface area contributed by atoms with E-state index < -0.39 is 23.9 Å². The van der Waals surface area contributed by atoms with Gasteiger partial charge < -0.3 is 11.1 Å². The Bertz CT molecular complexity index is 2040. The Morgan fingerprint density at radius 1 is 1.10 bits per heavy atom. The number of aryl methyl sites for hydroxylation is 2. The summed E-state index contributed by atoms with van der Waals surface area (Å²) < 4.78 is 32.7. The Kier molecular flexibility index (Phi) is 6.52. The second-order valence-corrected chi connectivity index (χ2v) is 10.6. The van der Waals surface area contributed by atoms with Gasteiger partial charge in [-0.05, 0) is 38.5 Å². The molecule has 12 nitrogen and oxygen atoms in total. The van der Waals surface area contributed by atoms with Crippen molar-refractivity contribution >= 4 is 44.7 Å². The third-order valence-corrected chi connectivity index (χ3v) is 8.26. The molecule has 0 atom stereocenters. The first-order chi connectivity index (χ1) is 20.1. The number of hydrogen-bond acceptors (Lipinski definition) is 8. The molecule has 6 heterocycles. The van der Waals surface area contributed by atoms with Crippen molar-refractivity contribution in [3.05, 3.63) is 64.4 Å². The molecular weight excluding hydrogens is 566 g/mol. The minimum Gasteiger partial charge on any atom is -0.365 e. The number of hydrogen-bond donors (Lipinski definition) is 2. The first-order valence-electron chi connectivity index (χ1n) is 12.8. The van der Waals surface area contributed by atoms with Crippen LogP contribution in [0.4, 0.5) is 14.5 Å². The minimum absolute atomic E-state index is 0.0153. The standard InChI is InChI=1S/C27H24F2N10O2S/c1-5-38-13(3)16(11-33-38)19-6-7-31-20-9-18(36-39(19)20)26(41)35-22-21-14(15-10-32-37(4)12(15)2)8-17(24(28)29)34-27(21)42-23(22)25(30)40/h6-11,24H,5H2,1-4H3,(H2,30,40)(H,35,41). The van der Waals surface area contributed by atoms with Crippen LogP contribution in [0.1, 0.15) is 50.6 Å². The number of nitrogens with one attached hydrogen (secondary N) is 1. The van der Waals surface area contributed by atoms with Crippen LogP contribution in [0.5, 0.6) is 0 Å². The summed E-state index contributed by atoms with van der Waals surface area (Å²) in [7, 11) is 1.72. The van der Waals surface area contributed by atoms with Crippen LogP contribution in [0.3, 0.4) is 0 Å². The zero-order chi connectivity index (χ0) is 29.9. The number of anilines is 1. The number of rotatable bonds is 7. The van der Waals surface area contributed by atoms with E-state index >= 15 is 0 Å². The van der Waals surface area contributed by atoms with Crippen LogP contribution in [-0.4, -0.2) is 51.0 Å². The number of thiophene rings is 1. The molecule has 42 heavy (non-hydrogen) atoms. The van der Waals surface area contributed by atoms with E-state index in [1.165, 1.54) is 18.3 Å². The normalized spacial score (nSPS) is 11.7. The molecule has 0 radical (unpaired) electrons. The summed E-state index contributed by atoms with van der Waals surface area (Å²) in [4.78, 5) is 34.6. The molecule has 3 N–H and O–H groups in total. The van der Waals surface area contributed by atoms with Crippen LogP contribution in [0, 0.1) is 13.8 Å². The van der Waals surface area contributed by atoms with E-state index in [9.17, 15) is 18.4 Å². The van der Waals surface area contributed by atoms with Gasteiger partial charge in [-0.25, -0.2) is 23.3 Å². The van der Waals surface area contributed by atoms with Crippen molar-refractivity contribution in [2.45, 2.75) is 33.7 Å². The largest absolute Gasteiger partial charge is 0.365 e. The van der Waals surface area contributed by atoms with E-state index in [0.29, 0.717) is 40.1 Å². The summed E-state index contributed by atoms with van der Waals surface area (Å²) in [6, 6.07) is 4.53. The minimum atomic E-state index is -2.87. The summed E-state index contributed by atoms with van der Waals surface area (Å²) in [6.45, 7) is 6.40. The number of amides is 2. The average Bonchev–Trinajstić information content (AvgIpc) is 3.73. The number of pyridine rings is 1. The van der Waals surface area contributed by atoms with E-state index in [1.807, 2.05) is 18.5 Å². The van der Waals surface area contributed by atoms with Gasteiger partial charge >= 0.3 is 0 Å². The monoisotopic (exact) mass is 590 g/mol. The maximum Gasteiger partial charge on any atom is 0.280 e. The average molecular weight is 591 g/mol. The van der Waals surface area contributed by atoms with Gasteiger partial charge in [0.2, 0.25) is 0 Å². The second kappa shape index (κ2) is 10.1. The summed E-state index contributed by atoms with van der Waals surface area (Å²) in [5.74, 6) is -1.50. The molecule has 0 aliphatic carbocycles. The quantitative estimate of drug-likeness (QED) is 0.277. The van der Waals surface area contributed by atoms with Crippen molar-refractivity contribution in [2.24, 2.45) is 12.8 Å². The van der Waals surface area contributed by atoms with Crippen LogP contribution in [0.2, 0.25) is 0 Å². The zero-order valence-corrected chi connectivity index (χ0v) is 23.7. The molecule has 0 aliphatic heterocycles. The van der Waals surface area contributed by atoms with Crippen molar-refractivity contribution < 1.29 is 18.4 Å². The van der Waals surface area contributed by atoms with Crippen molar-refractivity contribution in [1.29, 1.82) is 0 Å². The first kappa shape index (κ1) is 27.1.